The normalized spacial score (nSPS) is 16.1. The minimum absolute atomic E-state index is 0.650. The van der Waals surface area contributed by atoms with Crippen molar-refractivity contribution in [2.45, 2.75) is 32.2 Å². The Balaban J connectivity index is 1.67. The molecule has 1 atom stereocenters. The molecule has 0 N–H and O–H groups in total. The summed E-state index contributed by atoms with van der Waals surface area (Å²) in [7, 11) is 2.19. The molecule has 1 fully saturated rings. The Bertz CT molecular complexity index is 448. The first-order valence-corrected chi connectivity index (χ1v) is 7.04. The van der Waals surface area contributed by atoms with E-state index in [-0.39, 0.29) is 0 Å². The SMILES string of the molecule is CC(C1CC1)N(C)CCCOc1cccc(C#N)c1. The molecule has 3 nitrogen and oxygen atoms in total. The van der Waals surface area contributed by atoms with Gasteiger partial charge < -0.3 is 9.64 Å². The molecule has 1 unspecified atom stereocenters. The van der Waals surface area contributed by atoms with Crippen LogP contribution in [0.25, 0.3) is 0 Å². The van der Waals surface area contributed by atoms with Crippen LogP contribution in [0.5, 0.6) is 5.75 Å². The van der Waals surface area contributed by atoms with Gasteiger partial charge in [-0.2, -0.15) is 5.26 Å². The van der Waals surface area contributed by atoms with Crippen LogP contribution >= 0.6 is 0 Å². The van der Waals surface area contributed by atoms with Gasteiger partial charge >= 0.3 is 0 Å². The fourth-order valence-electron chi connectivity index (χ4n) is 2.30. The molecule has 0 bridgehead atoms. The number of nitriles is 1. The zero-order valence-corrected chi connectivity index (χ0v) is 11.8. The minimum Gasteiger partial charge on any atom is -0.494 e. The summed E-state index contributed by atoms with van der Waals surface area (Å²) >= 11 is 0. The van der Waals surface area contributed by atoms with Crippen LogP contribution in [0.3, 0.4) is 0 Å². The van der Waals surface area contributed by atoms with Crippen LogP contribution in [0.1, 0.15) is 31.7 Å². The monoisotopic (exact) mass is 258 g/mol. The first kappa shape index (κ1) is 13.9. The van der Waals surface area contributed by atoms with E-state index in [1.807, 2.05) is 12.1 Å². The third-order valence-corrected chi connectivity index (χ3v) is 3.89. The van der Waals surface area contributed by atoms with Crippen LogP contribution in [0.2, 0.25) is 0 Å². The Morgan fingerprint density at radius 1 is 1.47 bits per heavy atom. The smallest absolute Gasteiger partial charge is 0.120 e. The second kappa shape index (κ2) is 6.58. The van der Waals surface area contributed by atoms with E-state index in [0.717, 1.165) is 24.6 Å². The highest BCUT2D eigenvalue weighted by atomic mass is 16.5. The highest BCUT2D eigenvalue weighted by molar-refractivity contribution is 5.36. The van der Waals surface area contributed by atoms with Crippen molar-refractivity contribution in [2.75, 3.05) is 20.2 Å². The molecule has 2 rings (SSSR count). The van der Waals surface area contributed by atoms with E-state index in [4.69, 9.17) is 10.00 Å². The van der Waals surface area contributed by atoms with Gasteiger partial charge in [-0.1, -0.05) is 6.07 Å². The quantitative estimate of drug-likeness (QED) is 0.705. The molecule has 1 aromatic rings. The number of hydrogen-bond acceptors (Lipinski definition) is 3. The average molecular weight is 258 g/mol. The highest BCUT2D eigenvalue weighted by Crippen LogP contribution is 2.34. The van der Waals surface area contributed by atoms with Crippen molar-refractivity contribution < 1.29 is 4.74 Å². The van der Waals surface area contributed by atoms with Gasteiger partial charge in [0.05, 0.1) is 18.2 Å². The molecule has 0 aliphatic heterocycles. The maximum atomic E-state index is 8.81. The van der Waals surface area contributed by atoms with Crippen molar-refractivity contribution in [3.05, 3.63) is 29.8 Å². The average Bonchev–Trinajstić information content (AvgIpc) is 3.27. The number of hydrogen-bond donors (Lipinski definition) is 0. The molecule has 0 radical (unpaired) electrons. The number of ether oxygens (including phenoxy) is 1. The summed E-state index contributed by atoms with van der Waals surface area (Å²) in [4.78, 5) is 2.42. The summed E-state index contributed by atoms with van der Waals surface area (Å²) in [6.45, 7) is 4.08. The summed E-state index contributed by atoms with van der Waals surface area (Å²) in [5.74, 6) is 1.70. The Morgan fingerprint density at radius 3 is 2.95 bits per heavy atom. The molecule has 0 saturated heterocycles. The molecule has 1 saturated carbocycles. The van der Waals surface area contributed by atoms with Crippen molar-refractivity contribution in [2.24, 2.45) is 5.92 Å². The van der Waals surface area contributed by atoms with E-state index in [0.29, 0.717) is 18.2 Å². The molecule has 1 aromatic carbocycles. The molecule has 3 heteroatoms. The fourth-order valence-corrected chi connectivity index (χ4v) is 2.30. The molecular weight excluding hydrogens is 236 g/mol. The van der Waals surface area contributed by atoms with E-state index in [9.17, 15) is 0 Å². The Morgan fingerprint density at radius 2 is 2.26 bits per heavy atom. The minimum atomic E-state index is 0.650. The van der Waals surface area contributed by atoms with Crippen LogP contribution in [0, 0.1) is 17.2 Å². The molecule has 102 valence electrons. The summed E-state index contributed by atoms with van der Waals surface area (Å²) < 4.78 is 5.68. The Labute approximate surface area is 115 Å². The first-order chi connectivity index (χ1) is 9.20. The Kier molecular flexibility index (Phi) is 4.81. The second-order valence-corrected chi connectivity index (χ2v) is 5.40. The van der Waals surface area contributed by atoms with Crippen LogP contribution in [0.15, 0.2) is 24.3 Å². The van der Waals surface area contributed by atoms with Gasteiger partial charge in [0.15, 0.2) is 0 Å². The van der Waals surface area contributed by atoms with E-state index in [1.54, 1.807) is 12.1 Å². The van der Waals surface area contributed by atoms with Crippen molar-refractivity contribution >= 4 is 0 Å². The van der Waals surface area contributed by atoms with Crippen LogP contribution in [0.4, 0.5) is 0 Å². The van der Waals surface area contributed by atoms with Crippen molar-refractivity contribution in [3.8, 4) is 11.8 Å². The summed E-state index contributed by atoms with van der Waals surface area (Å²) in [5, 5.41) is 8.81. The van der Waals surface area contributed by atoms with Gasteiger partial charge in [0.2, 0.25) is 0 Å². The highest BCUT2D eigenvalue weighted by Gasteiger charge is 2.29. The lowest BCUT2D eigenvalue weighted by Gasteiger charge is -2.24. The van der Waals surface area contributed by atoms with Gasteiger partial charge in [0.25, 0.3) is 0 Å². The van der Waals surface area contributed by atoms with E-state index in [2.05, 4.69) is 24.9 Å². The Hall–Kier alpha value is -1.53. The van der Waals surface area contributed by atoms with Gasteiger partial charge in [-0.05, 0) is 57.4 Å². The van der Waals surface area contributed by atoms with E-state index in [1.165, 1.54) is 12.8 Å². The number of nitrogens with zero attached hydrogens (tertiary/aromatic N) is 2. The maximum absolute atomic E-state index is 8.81. The standard InChI is InChI=1S/C16H22N2O/c1-13(15-7-8-15)18(2)9-4-10-19-16-6-3-5-14(11-16)12-17/h3,5-6,11,13,15H,4,7-10H2,1-2H3. The molecular formula is C16H22N2O. The zero-order chi connectivity index (χ0) is 13.7. The van der Waals surface area contributed by atoms with E-state index >= 15 is 0 Å². The molecule has 19 heavy (non-hydrogen) atoms. The molecule has 0 spiro atoms. The predicted octanol–water partition coefficient (Wildman–Crippen LogP) is 3.06. The molecule has 1 aliphatic carbocycles. The lowest BCUT2D eigenvalue weighted by molar-refractivity contribution is 0.209. The maximum Gasteiger partial charge on any atom is 0.120 e. The van der Waals surface area contributed by atoms with Gasteiger partial charge in [0, 0.05) is 12.6 Å². The number of benzene rings is 1. The van der Waals surface area contributed by atoms with Gasteiger partial charge in [-0.15, -0.1) is 0 Å². The molecule has 0 heterocycles. The lowest BCUT2D eigenvalue weighted by Crippen LogP contribution is -2.32. The van der Waals surface area contributed by atoms with Crippen LogP contribution < -0.4 is 4.74 Å². The lowest BCUT2D eigenvalue weighted by atomic mass is 10.2. The topological polar surface area (TPSA) is 36.3 Å². The zero-order valence-electron chi connectivity index (χ0n) is 11.8. The van der Waals surface area contributed by atoms with Crippen molar-refractivity contribution in [1.29, 1.82) is 5.26 Å². The summed E-state index contributed by atoms with van der Waals surface area (Å²) in [6.07, 6.45) is 3.80. The summed E-state index contributed by atoms with van der Waals surface area (Å²) in [6, 6.07) is 10.2. The third-order valence-electron chi connectivity index (χ3n) is 3.89. The van der Waals surface area contributed by atoms with Crippen molar-refractivity contribution in [1.82, 2.24) is 4.90 Å². The molecule has 0 amide bonds. The second-order valence-electron chi connectivity index (χ2n) is 5.40. The third kappa shape index (κ3) is 4.25. The summed E-state index contributed by atoms with van der Waals surface area (Å²) in [5.41, 5.74) is 0.650. The first-order valence-electron chi connectivity index (χ1n) is 7.04. The largest absolute Gasteiger partial charge is 0.494 e. The van der Waals surface area contributed by atoms with E-state index < -0.39 is 0 Å². The van der Waals surface area contributed by atoms with Crippen molar-refractivity contribution in [3.63, 3.8) is 0 Å². The fraction of sp³-hybridized carbons (Fsp3) is 0.562. The van der Waals surface area contributed by atoms with Crippen LogP contribution in [-0.2, 0) is 0 Å². The van der Waals surface area contributed by atoms with Gasteiger partial charge in [0.1, 0.15) is 5.75 Å². The van der Waals surface area contributed by atoms with Crippen LogP contribution in [-0.4, -0.2) is 31.1 Å². The number of rotatable bonds is 7. The predicted molar refractivity (Wildman–Crippen MR) is 76.1 cm³/mol. The van der Waals surface area contributed by atoms with Gasteiger partial charge in [-0.25, -0.2) is 0 Å². The van der Waals surface area contributed by atoms with Gasteiger partial charge in [-0.3, -0.25) is 0 Å². The molecule has 1 aliphatic rings. The molecule has 0 aromatic heterocycles.